The molecule has 0 N–H and O–H groups in total. The van der Waals surface area contributed by atoms with E-state index in [0.29, 0.717) is 0 Å². The van der Waals surface area contributed by atoms with Crippen molar-refractivity contribution in [1.29, 1.82) is 0 Å². The SMILES string of the molecule is Cc1cc(-c2ccncc2)ncc1Br. The highest BCUT2D eigenvalue weighted by molar-refractivity contribution is 9.10. The number of hydrogen-bond donors (Lipinski definition) is 0. The molecule has 0 bridgehead atoms. The summed E-state index contributed by atoms with van der Waals surface area (Å²) in [4.78, 5) is 8.31. The van der Waals surface area contributed by atoms with Crippen LogP contribution in [0.3, 0.4) is 0 Å². The second-order valence-corrected chi connectivity index (χ2v) is 3.91. The van der Waals surface area contributed by atoms with Gasteiger partial charge < -0.3 is 0 Å². The summed E-state index contributed by atoms with van der Waals surface area (Å²) in [5.41, 5.74) is 3.26. The number of nitrogens with zero attached hydrogens (tertiary/aromatic N) is 2. The summed E-state index contributed by atoms with van der Waals surface area (Å²) in [6.45, 7) is 2.05. The van der Waals surface area contributed by atoms with Gasteiger partial charge in [0.05, 0.1) is 5.69 Å². The Morgan fingerprint density at radius 3 is 2.57 bits per heavy atom. The average molecular weight is 249 g/mol. The Kier molecular flexibility index (Phi) is 2.59. The van der Waals surface area contributed by atoms with Gasteiger partial charge in [0.25, 0.3) is 0 Å². The second-order valence-electron chi connectivity index (χ2n) is 3.05. The van der Waals surface area contributed by atoms with Gasteiger partial charge >= 0.3 is 0 Å². The molecule has 2 rings (SSSR count). The smallest absolute Gasteiger partial charge is 0.0706 e. The van der Waals surface area contributed by atoms with E-state index in [2.05, 4.69) is 38.9 Å². The topological polar surface area (TPSA) is 25.8 Å². The number of aromatic nitrogens is 2. The lowest BCUT2D eigenvalue weighted by Gasteiger charge is -2.02. The van der Waals surface area contributed by atoms with Crippen LogP contribution in [0.4, 0.5) is 0 Å². The maximum absolute atomic E-state index is 4.33. The third-order valence-electron chi connectivity index (χ3n) is 2.02. The summed E-state index contributed by atoms with van der Waals surface area (Å²) < 4.78 is 1.04. The lowest BCUT2D eigenvalue weighted by Crippen LogP contribution is -1.86. The Morgan fingerprint density at radius 2 is 1.93 bits per heavy atom. The monoisotopic (exact) mass is 248 g/mol. The van der Waals surface area contributed by atoms with Crippen molar-refractivity contribution in [3.63, 3.8) is 0 Å². The molecule has 0 amide bonds. The minimum absolute atomic E-state index is 0.980. The van der Waals surface area contributed by atoms with E-state index in [4.69, 9.17) is 0 Å². The molecule has 0 atom stereocenters. The molecule has 0 saturated heterocycles. The van der Waals surface area contributed by atoms with Crippen LogP contribution in [-0.2, 0) is 0 Å². The van der Waals surface area contributed by atoms with Gasteiger partial charge in [-0.25, -0.2) is 0 Å². The first-order chi connectivity index (χ1) is 6.77. The van der Waals surface area contributed by atoms with E-state index in [-0.39, 0.29) is 0 Å². The zero-order valence-electron chi connectivity index (χ0n) is 7.74. The van der Waals surface area contributed by atoms with E-state index in [0.717, 1.165) is 15.7 Å². The number of hydrogen-bond acceptors (Lipinski definition) is 2. The first-order valence-electron chi connectivity index (χ1n) is 4.30. The van der Waals surface area contributed by atoms with Gasteiger partial charge in [-0.05, 0) is 46.6 Å². The molecule has 0 aliphatic heterocycles. The van der Waals surface area contributed by atoms with Gasteiger partial charge in [-0.1, -0.05) is 0 Å². The van der Waals surface area contributed by atoms with Gasteiger partial charge in [0.1, 0.15) is 0 Å². The minimum atomic E-state index is 0.980. The third kappa shape index (κ3) is 1.82. The highest BCUT2D eigenvalue weighted by Gasteiger charge is 2.00. The number of rotatable bonds is 1. The molecular weight excluding hydrogens is 240 g/mol. The fourth-order valence-electron chi connectivity index (χ4n) is 1.22. The summed E-state index contributed by atoms with van der Waals surface area (Å²) in [6, 6.07) is 5.96. The fraction of sp³-hybridized carbons (Fsp3) is 0.0909. The van der Waals surface area contributed by atoms with Crippen LogP contribution < -0.4 is 0 Å². The van der Waals surface area contributed by atoms with Gasteiger partial charge in [0, 0.05) is 28.6 Å². The Balaban J connectivity index is 2.48. The van der Waals surface area contributed by atoms with Gasteiger partial charge in [-0.2, -0.15) is 0 Å². The van der Waals surface area contributed by atoms with Crippen molar-refractivity contribution < 1.29 is 0 Å². The molecule has 2 nitrogen and oxygen atoms in total. The first-order valence-corrected chi connectivity index (χ1v) is 5.09. The predicted molar refractivity (Wildman–Crippen MR) is 59.9 cm³/mol. The van der Waals surface area contributed by atoms with Crippen LogP contribution in [0, 0.1) is 6.92 Å². The van der Waals surface area contributed by atoms with Crippen LogP contribution in [0.1, 0.15) is 5.56 Å². The van der Waals surface area contributed by atoms with Crippen LogP contribution in [-0.4, -0.2) is 9.97 Å². The van der Waals surface area contributed by atoms with Gasteiger partial charge in [-0.15, -0.1) is 0 Å². The van der Waals surface area contributed by atoms with E-state index < -0.39 is 0 Å². The van der Waals surface area contributed by atoms with Crippen LogP contribution in [0.5, 0.6) is 0 Å². The molecule has 2 aromatic heterocycles. The molecule has 0 aliphatic rings. The van der Waals surface area contributed by atoms with Crippen molar-refractivity contribution in [2.24, 2.45) is 0 Å². The van der Waals surface area contributed by atoms with Crippen LogP contribution in [0.25, 0.3) is 11.3 Å². The summed E-state index contributed by atoms with van der Waals surface area (Å²) in [7, 11) is 0. The van der Waals surface area contributed by atoms with Crippen molar-refractivity contribution in [3.05, 3.63) is 46.8 Å². The molecule has 0 saturated carbocycles. The van der Waals surface area contributed by atoms with Gasteiger partial charge in [0.15, 0.2) is 0 Å². The van der Waals surface area contributed by atoms with E-state index in [1.54, 1.807) is 12.4 Å². The van der Waals surface area contributed by atoms with Crippen molar-refractivity contribution in [2.75, 3.05) is 0 Å². The largest absolute Gasteiger partial charge is 0.265 e. The molecule has 2 aromatic rings. The highest BCUT2D eigenvalue weighted by Crippen LogP contribution is 2.21. The highest BCUT2D eigenvalue weighted by atomic mass is 79.9. The lowest BCUT2D eigenvalue weighted by molar-refractivity contribution is 1.25. The summed E-state index contributed by atoms with van der Waals surface area (Å²) >= 11 is 3.43. The second kappa shape index (κ2) is 3.88. The van der Waals surface area contributed by atoms with Crippen molar-refractivity contribution in [2.45, 2.75) is 6.92 Å². The van der Waals surface area contributed by atoms with Gasteiger partial charge in [-0.3, -0.25) is 9.97 Å². The van der Waals surface area contributed by atoms with Crippen molar-refractivity contribution in [1.82, 2.24) is 9.97 Å². The lowest BCUT2D eigenvalue weighted by atomic mass is 10.1. The Bertz CT molecular complexity index is 440. The first kappa shape index (κ1) is 9.34. The molecule has 0 radical (unpaired) electrons. The number of pyridine rings is 2. The Labute approximate surface area is 91.2 Å². The molecule has 14 heavy (non-hydrogen) atoms. The summed E-state index contributed by atoms with van der Waals surface area (Å²) in [5.74, 6) is 0. The maximum Gasteiger partial charge on any atom is 0.0706 e. The minimum Gasteiger partial charge on any atom is -0.265 e. The molecule has 2 heterocycles. The third-order valence-corrected chi connectivity index (χ3v) is 2.85. The van der Waals surface area contributed by atoms with Crippen LogP contribution in [0.15, 0.2) is 41.3 Å². The Morgan fingerprint density at radius 1 is 1.21 bits per heavy atom. The fourth-order valence-corrected chi connectivity index (χ4v) is 1.44. The molecule has 0 unspecified atom stereocenters. The van der Waals surface area contributed by atoms with E-state index in [1.807, 2.05) is 18.3 Å². The Hall–Kier alpha value is -1.22. The molecule has 0 fully saturated rings. The maximum atomic E-state index is 4.33. The predicted octanol–water partition coefficient (Wildman–Crippen LogP) is 3.21. The summed E-state index contributed by atoms with van der Waals surface area (Å²) in [5, 5.41) is 0. The van der Waals surface area contributed by atoms with Crippen LogP contribution in [0.2, 0.25) is 0 Å². The molecule has 3 heteroatoms. The number of aryl methyl sites for hydroxylation is 1. The average Bonchev–Trinajstić information content (AvgIpc) is 2.23. The van der Waals surface area contributed by atoms with E-state index in [9.17, 15) is 0 Å². The molecule has 70 valence electrons. The molecule has 0 aromatic carbocycles. The zero-order chi connectivity index (χ0) is 9.97. The molecular formula is C11H9BrN2. The van der Waals surface area contributed by atoms with Crippen molar-refractivity contribution in [3.8, 4) is 11.3 Å². The van der Waals surface area contributed by atoms with E-state index >= 15 is 0 Å². The quantitative estimate of drug-likeness (QED) is 0.775. The molecule has 0 aliphatic carbocycles. The standard InChI is InChI=1S/C11H9BrN2/c1-8-6-11(14-7-10(8)12)9-2-4-13-5-3-9/h2-7H,1H3. The molecule has 0 spiro atoms. The zero-order valence-corrected chi connectivity index (χ0v) is 9.32. The summed E-state index contributed by atoms with van der Waals surface area (Å²) in [6.07, 6.45) is 5.37. The number of halogens is 1. The normalized spacial score (nSPS) is 10.1. The van der Waals surface area contributed by atoms with Crippen LogP contribution >= 0.6 is 15.9 Å². The van der Waals surface area contributed by atoms with Crippen molar-refractivity contribution >= 4 is 15.9 Å². The van der Waals surface area contributed by atoms with E-state index in [1.165, 1.54) is 5.56 Å². The van der Waals surface area contributed by atoms with Gasteiger partial charge in [0.2, 0.25) is 0 Å².